The monoisotopic (exact) mass is 291 g/mol. The average molecular weight is 291 g/mol. The molecule has 2 aromatic rings. The standard InChI is InChI=1S/C15H21N3OS/c1-9(2)7-16-15-17-12(8-20-15)13-10(3)6-11(4)18(5)14(13)19/h6,8-9H,7H2,1-5H3,(H,16,17). The molecular weight excluding hydrogens is 270 g/mol. The van der Waals surface area contributed by atoms with Crippen LogP contribution < -0.4 is 10.9 Å². The van der Waals surface area contributed by atoms with E-state index in [1.54, 1.807) is 23.0 Å². The summed E-state index contributed by atoms with van der Waals surface area (Å²) in [6.45, 7) is 9.10. The molecule has 0 fully saturated rings. The number of nitrogens with zero attached hydrogens (tertiary/aromatic N) is 2. The van der Waals surface area contributed by atoms with Gasteiger partial charge in [0, 0.05) is 24.7 Å². The van der Waals surface area contributed by atoms with E-state index in [1.165, 1.54) is 0 Å². The van der Waals surface area contributed by atoms with Gasteiger partial charge in [-0.15, -0.1) is 11.3 Å². The van der Waals surface area contributed by atoms with Crippen LogP contribution >= 0.6 is 11.3 Å². The van der Waals surface area contributed by atoms with Gasteiger partial charge in [0.05, 0.1) is 11.3 Å². The lowest BCUT2D eigenvalue weighted by Gasteiger charge is -2.09. The van der Waals surface area contributed by atoms with Crippen LogP contribution in [-0.2, 0) is 7.05 Å². The van der Waals surface area contributed by atoms with E-state index >= 15 is 0 Å². The number of rotatable bonds is 4. The molecule has 0 saturated heterocycles. The third kappa shape index (κ3) is 2.93. The molecule has 0 spiro atoms. The molecule has 0 radical (unpaired) electrons. The molecule has 1 N–H and O–H groups in total. The third-order valence-electron chi connectivity index (χ3n) is 3.29. The van der Waals surface area contributed by atoms with Crippen LogP contribution in [0.5, 0.6) is 0 Å². The summed E-state index contributed by atoms with van der Waals surface area (Å²) in [6, 6.07) is 2.03. The number of aromatic nitrogens is 2. The zero-order valence-corrected chi connectivity index (χ0v) is 13.5. The van der Waals surface area contributed by atoms with Crippen molar-refractivity contribution < 1.29 is 0 Å². The van der Waals surface area contributed by atoms with Gasteiger partial charge in [-0.05, 0) is 31.4 Å². The Bertz CT molecular complexity index is 670. The summed E-state index contributed by atoms with van der Waals surface area (Å²) >= 11 is 1.54. The molecule has 2 heterocycles. The Hall–Kier alpha value is -1.62. The minimum absolute atomic E-state index is 0.0169. The van der Waals surface area contributed by atoms with Gasteiger partial charge in [-0.2, -0.15) is 0 Å². The minimum atomic E-state index is 0.0169. The summed E-state index contributed by atoms with van der Waals surface area (Å²) in [7, 11) is 1.80. The fourth-order valence-corrected chi connectivity index (χ4v) is 2.76. The Morgan fingerprint density at radius 1 is 1.40 bits per heavy atom. The van der Waals surface area contributed by atoms with Crippen LogP contribution in [0.3, 0.4) is 0 Å². The summed E-state index contributed by atoms with van der Waals surface area (Å²) in [5.41, 5.74) is 3.42. The summed E-state index contributed by atoms with van der Waals surface area (Å²) < 4.78 is 1.67. The second kappa shape index (κ2) is 5.79. The molecule has 0 aliphatic rings. The first-order chi connectivity index (χ1) is 9.40. The highest BCUT2D eigenvalue weighted by atomic mass is 32.1. The molecular formula is C15H21N3OS. The van der Waals surface area contributed by atoms with E-state index in [0.717, 1.165) is 28.6 Å². The van der Waals surface area contributed by atoms with Gasteiger partial charge < -0.3 is 9.88 Å². The first kappa shape index (κ1) is 14.8. The van der Waals surface area contributed by atoms with Crippen molar-refractivity contribution in [1.29, 1.82) is 0 Å². The molecule has 20 heavy (non-hydrogen) atoms. The molecule has 108 valence electrons. The largest absolute Gasteiger partial charge is 0.361 e. The van der Waals surface area contributed by atoms with Gasteiger partial charge in [0.15, 0.2) is 5.13 Å². The average Bonchev–Trinajstić information content (AvgIpc) is 2.82. The predicted molar refractivity (Wildman–Crippen MR) is 85.6 cm³/mol. The van der Waals surface area contributed by atoms with E-state index in [4.69, 9.17) is 0 Å². The van der Waals surface area contributed by atoms with E-state index < -0.39 is 0 Å². The van der Waals surface area contributed by atoms with Crippen molar-refractivity contribution in [3.8, 4) is 11.3 Å². The fourth-order valence-electron chi connectivity index (χ4n) is 2.05. The molecule has 0 aliphatic carbocycles. The van der Waals surface area contributed by atoms with Crippen molar-refractivity contribution in [2.75, 3.05) is 11.9 Å². The minimum Gasteiger partial charge on any atom is -0.361 e. The molecule has 4 nitrogen and oxygen atoms in total. The number of hydrogen-bond acceptors (Lipinski definition) is 4. The van der Waals surface area contributed by atoms with Crippen LogP contribution in [0.2, 0.25) is 0 Å². The van der Waals surface area contributed by atoms with Gasteiger partial charge in [-0.3, -0.25) is 4.79 Å². The number of pyridine rings is 1. The summed E-state index contributed by atoms with van der Waals surface area (Å²) in [5.74, 6) is 0.566. The van der Waals surface area contributed by atoms with E-state index in [1.807, 2.05) is 25.3 Å². The second-order valence-electron chi connectivity index (χ2n) is 5.52. The highest BCUT2D eigenvalue weighted by molar-refractivity contribution is 7.14. The Morgan fingerprint density at radius 3 is 2.75 bits per heavy atom. The highest BCUT2D eigenvalue weighted by Gasteiger charge is 2.13. The van der Waals surface area contributed by atoms with Crippen LogP contribution in [0, 0.1) is 19.8 Å². The van der Waals surface area contributed by atoms with Crippen LogP contribution in [0.25, 0.3) is 11.3 Å². The fraction of sp³-hybridized carbons (Fsp3) is 0.467. The van der Waals surface area contributed by atoms with E-state index in [9.17, 15) is 4.79 Å². The quantitative estimate of drug-likeness (QED) is 0.941. The van der Waals surface area contributed by atoms with Crippen molar-refractivity contribution in [1.82, 2.24) is 9.55 Å². The van der Waals surface area contributed by atoms with Gasteiger partial charge in [0.2, 0.25) is 0 Å². The van der Waals surface area contributed by atoms with Crippen molar-refractivity contribution >= 4 is 16.5 Å². The third-order valence-corrected chi connectivity index (χ3v) is 4.09. The van der Waals surface area contributed by atoms with Crippen LogP contribution in [-0.4, -0.2) is 16.1 Å². The summed E-state index contributed by atoms with van der Waals surface area (Å²) in [6.07, 6.45) is 0. The maximum absolute atomic E-state index is 12.4. The van der Waals surface area contributed by atoms with E-state index in [-0.39, 0.29) is 5.56 Å². The molecule has 0 amide bonds. The van der Waals surface area contributed by atoms with Crippen molar-refractivity contribution in [2.24, 2.45) is 13.0 Å². The molecule has 2 aromatic heterocycles. The van der Waals surface area contributed by atoms with Crippen molar-refractivity contribution in [3.05, 3.63) is 33.1 Å². The zero-order valence-electron chi connectivity index (χ0n) is 12.7. The van der Waals surface area contributed by atoms with Crippen LogP contribution in [0.15, 0.2) is 16.2 Å². The second-order valence-corrected chi connectivity index (χ2v) is 6.38. The zero-order chi connectivity index (χ0) is 14.9. The lowest BCUT2D eigenvalue weighted by molar-refractivity contribution is 0.688. The van der Waals surface area contributed by atoms with E-state index in [2.05, 4.69) is 24.1 Å². The van der Waals surface area contributed by atoms with Crippen LogP contribution in [0.1, 0.15) is 25.1 Å². The van der Waals surface area contributed by atoms with Crippen molar-refractivity contribution in [2.45, 2.75) is 27.7 Å². The number of nitrogens with one attached hydrogen (secondary N) is 1. The lowest BCUT2D eigenvalue weighted by Crippen LogP contribution is -2.21. The maximum Gasteiger partial charge on any atom is 0.260 e. The number of thiazole rings is 1. The molecule has 0 aromatic carbocycles. The first-order valence-corrected chi connectivity index (χ1v) is 7.65. The Labute approximate surface area is 123 Å². The maximum atomic E-state index is 12.4. The van der Waals surface area contributed by atoms with Crippen molar-refractivity contribution in [3.63, 3.8) is 0 Å². The molecule has 0 bridgehead atoms. The smallest absolute Gasteiger partial charge is 0.260 e. The van der Waals surface area contributed by atoms with Gasteiger partial charge >= 0.3 is 0 Å². The number of aryl methyl sites for hydroxylation is 2. The Morgan fingerprint density at radius 2 is 2.10 bits per heavy atom. The normalized spacial score (nSPS) is 11.1. The molecule has 0 saturated carbocycles. The number of hydrogen-bond donors (Lipinski definition) is 1. The summed E-state index contributed by atoms with van der Waals surface area (Å²) in [4.78, 5) is 16.9. The van der Waals surface area contributed by atoms with Crippen LogP contribution in [0.4, 0.5) is 5.13 Å². The summed E-state index contributed by atoms with van der Waals surface area (Å²) in [5, 5.41) is 6.11. The van der Waals surface area contributed by atoms with Gasteiger partial charge in [-0.25, -0.2) is 4.98 Å². The topological polar surface area (TPSA) is 46.9 Å². The molecule has 0 aliphatic heterocycles. The van der Waals surface area contributed by atoms with Gasteiger partial charge in [0.25, 0.3) is 5.56 Å². The molecule has 0 unspecified atom stereocenters. The van der Waals surface area contributed by atoms with E-state index in [0.29, 0.717) is 11.5 Å². The lowest BCUT2D eigenvalue weighted by atomic mass is 10.1. The molecule has 0 atom stereocenters. The molecule has 2 rings (SSSR count). The predicted octanol–water partition coefficient (Wildman–Crippen LogP) is 3.19. The Kier molecular flexibility index (Phi) is 4.28. The first-order valence-electron chi connectivity index (χ1n) is 6.77. The number of anilines is 1. The SMILES string of the molecule is Cc1cc(C)n(C)c(=O)c1-c1csc(NCC(C)C)n1. The molecule has 5 heteroatoms. The van der Waals surface area contributed by atoms with Gasteiger partial charge in [0.1, 0.15) is 0 Å². The Balaban J connectivity index is 2.38. The highest BCUT2D eigenvalue weighted by Crippen LogP contribution is 2.25. The van der Waals surface area contributed by atoms with Gasteiger partial charge in [-0.1, -0.05) is 13.8 Å².